The molecule has 0 fully saturated rings. The summed E-state index contributed by atoms with van der Waals surface area (Å²) in [5.41, 5.74) is 0.235. The van der Waals surface area contributed by atoms with E-state index in [2.05, 4.69) is 9.71 Å². The molecule has 9 heteroatoms. The zero-order valence-corrected chi connectivity index (χ0v) is 20.2. The van der Waals surface area contributed by atoms with Crippen LogP contribution in [0, 0.1) is 0 Å². The van der Waals surface area contributed by atoms with Crippen molar-refractivity contribution in [2.45, 2.75) is 50.2 Å². The van der Waals surface area contributed by atoms with Gasteiger partial charge in [-0.2, -0.15) is 0 Å². The molecule has 0 aliphatic heterocycles. The van der Waals surface area contributed by atoms with E-state index in [0.717, 1.165) is 16.3 Å². The summed E-state index contributed by atoms with van der Waals surface area (Å²) < 4.78 is 39.2. The van der Waals surface area contributed by atoms with Crippen LogP contribution >= 0.6 is 0 Å². The number of aromatic nitrogens is 1. The van der Waals surface area contributed by atoms with E-state index in [0.29, 0.717) is 12.7 Å². The number of para-hydroxylation sites is 1. The number of benzene rings is 2. The molecule has 0 spiro atoms. The van der Waals surface area contributed by atoms with Gasteiger partial charge >= 0.3 is 5.97 Å². The Morgan fingerprint density at radius 1 is 1.09 bits per heavy atom. The van der Waals surface area contributed by atoms with Crippen LogP contribution in [0.3, 0.4) is 0 Å². The van der Waals surface area contributed by atoms with Crippen LogP contribution in [0.5, 0.6) is 5.75 Å². The van der Waals surface area contributed by atoms with Crippen LogP contribution in [0.2, 0.25) is 0 Å². The molecule has 34 heavy (non-hydrogen) atoms. The third kappa shape index (κ3) is 6.85. The van der Waals surface area contributed by atoms with Crippen LogP contribution in [0.15, 0.2) is 65.8 Å². The van der Waals surface area contributed by atoms with Gasteiger partial charge in [-0.1, -0.05) is 36.4 Å². The van der Waals surface area contributed by atoms with Crippen molar-refractivity contribution in [3.8, 4) is 5.75 Å². The summed E-state index contributed by atoms with van der Waals surface area (Å²) in [5.74, 6) is -0.536. The number of nitrogens with one attached hydrogen (secondary N) is 1. The Balaban J connectivity index is 1.70. The maximum absolute atomic E-state index is 13.0. The van der Waals surface area contributed by atoms with E-state index >= 15 is 0 Å². The minimum atomic E-state index is -4.15. The molecule has 1 aromatic heterocycles. The van der Waals surface area contributed by atoms with Crippen molar-refractivity contribution >= 4 is 33.1 Å². The van der Waals surface area contributed by atoms with Crippen LogP contribution in [-0.2, 0) is 30.8 Å². The molecule has 3 rings (SSSR count). The van der Waals surface area contributed by atoms with Crippen LogP contribution in [0.25, 0.3) is 10.8 Å². The number of esters is 1. The molecule has 0 saturated carbocycles. The molecule has 1 heterocycles. The lowest BCUT2D eigenvalue weighted by Crippen LogP contribution is -2.39. The van der Waals surface area contributed by atoms with E-state index in [9.17, 15) is 18.0 Å². The minimum absolute atomic E-state index is 0.123. The van der Waals surface area contributed by atoms with Crippen molar-refractivity contribution in [3.05, 3.63) is 66.5 Å². The third-order valence-electron chi connectivity index (χ3n) is 4.80. The van der Waals surface area contributed by atoms with Crippen molar-refractivity contribution in [2.75, 3.05) is 6.61 Å². The Morgan fingerprint density at radius 3 is 2.53 bits per heavy atom. The Morgan fingerprint density at radius 2 is 1.79 bits per heavy atom. The fraction of sp³-hybridized carbons (Fsp3) is 0.320. The molecule has 8 nitrogen and oxygen atoms in total. The standard InChI is InChI=1S/C25H28N2O6S/c1-25(2,3)33-24(29)14-20(17-28)27-34(30,31)23-11-7-6-10-22(23)32-13-12-19-16-26-15-18-8-4-5-9-21(18)19/h4-11,15-17,20,27H,12-14H2,1-3H3/t20-/m0/s1. The van der Waals surface area contributed by atoms with Gasteiger partial charge in [0.25, 0.3) is 0 Å². The maximum atomic E-state index is 13.0. The highest BCUT2D eigenvalue weighted by Gasteiger charge is 2.27. The zero-order valence-electron chi connectivity index (χ0n) is 19.4. The number of hydrogen-bond donors (Lipinski definition) is 1. The Labute approximate surface area is 199 Å². The van der Waals surface area contributed by atoms with Crippen molar-refractivity contribution in [2.24, 2.45) is 0 Å². The molecule has 2 aromatic carbocycles. The van der Waals surface area contributed by atoms with Gasteiger partial charge in [-0.15, -0.1) is 0 Å². The van der Waals surface area contributed by atoms with E-state index < -0.39 is 34.1 Å². The molecule has 0 aliphatic carbocycles. The van der Waals surface area contributed by atoms with Gasteiger partial charge in [-0.05, 0) is 43.9 Å². The van der Waals surface area contributed by atoms with Gasteiger partial charge in [0.1, 0.15) is 22.5 Å². The second-order valence-electron chi connectivity index (χ2n) is 8.72. The molecular formula is C25H28N2O6S. The number of nitrogens with zero attached hydrogens (tertiary/aromatic N) is 1. The predicted octanol–water partition coefficient (Wildman–Crippen LogP) is 3.43. The minimum Gasteiger partial charge on any atom is -0.492 e. The number of ether oxygens (including phenoxy) is 2. The maximum Gasteiger partial charge on any atom is 0.308 e. The summed E-state index contributed by atoms with van der Waals surface area (Å²) in [6, 6.07) is 12.7. The summed E-state index contributed by atoms with van der Waals surface area (Å²) in [7, 11) is -4.15. The fourth-order valence-corrected chi connectivity index (χ4v) is 4.70. The summed E-state index contributed by atoms with van der Waals surface area (Å²) in [5, 5.41) is 2.07. The van der Waals surface area contributed by atoms with E-state index in [1.807, 2.05) is 24.3 Å². The quantitative estimate of drug-likeness (QED) is 0.347. The first-order valence-corrected chi connectivity index (χ1v) is 12.3. The van der Waals surface area contributed by atoms with Gasteiger partial charge in [0.2, 0.25) is 10.0 Å². The SMILES string of the molecule is CC(C)(C)OC(=O)C[C@@H](C=O)NS(=O)(=O)c1ccccc1OCCc1cncc2ccccc12. The van der Waals surface area contributed by atoms with Gasteiger partial charge in [-0.3, -0.25) is 9.78 Å². The van der Waals surface area contributed by atoms with Gasteiger partial charge in [-0.25, -0.2) is 13.1 Å². The van der Waals surface area contributed by atoms with Gasteiger partial charge in [0, 0.05) is 24.2 Å². The van der Waals surface area contributed by atoms with Crippen LogP contribution in [0.4, 0.5) is 0 Å². The molecule has 0 radical (unpaired) electrons. The lowest BCUT2D eigenvalue weighted by Gasteiger charge is -2.21. The largest absolute Gasteiger partial charge is 0.492 e. The molecule has 0 saturated heterocycles. The third-order valence-corrected chi connectivity index (χ3v) is 6.33. The number of hydrogen-bond acceptors (Lipinski definition) is 7. The fourth-order valence-electron chi connectivity index (χ4n) is 3.38. The van der Waals surface area contributed by atoms with E-state index in [-0.39, 0.29) is 17.3 Å². The Kier molecular flexibility index (Phi) is 8.01. The first-order valence-electron chi connectivity index (χ1n) is 10.8. The van der Waals surface area contributed by atoms with Gasteiger partial charge in [0.05, 0.1) is 19.1 Å². The molecule has 0 unspecified atom stereocenters. The normalized spacial score (nSPS) is 12.8. The van der Waals surface area contributed by atoms with Gasteiger partial charge < -0.3 is 14.3 Å². The summed E-state index contributed by atoms with van der Waals surface area (Å²) >= 11 is 0. The lowest BCUT2D eigenvalue weighted by molar-refractivity contribution is -0.155. The Hall–Kier alpha value is -3.30. The number of fused-ring (bicyclic) bond motifs is 1. The molecule has 180 valence electrons. The molecule has 0 aliphatic rings. The van der Waals surface area contributed by atoms with Crippen LogP contribution in [-0.4, -0.2) is 43.9 Å². The smallest absolute Gasteiger partial charge is 0.308 e. The number of carbonyl (C=O) groups excluding carboxylic acids is 2. The van der Waals surface area contributed by atoms with Crippen LogP contribution in [0.1, 0.15) is 32.8 Å². The average Bonchev–Trinajstić information content (AvgIpc) is 2.77. The first-order chi connectivity index (χ1) is 16.1. The molecule has 1 atom stereocenters. The average molecular weight is 485 g/mol. The number of rotatable bonds is 10. The van der Waals surface area contributed by atoms with E-state index in [4.69, 9.17) is 9.47 Å². The topological polar surface area (TPSA) is 112 Å². The summed E-state index contributed by atoms with van der Waals surface area (Å²) in [6.45, 7) is 5.28. The number of aldehydes is 1. The predicted molar refractivity (Wildman–Crippen MR) is 128 cm³/mol. The second kappa shape index (κ2) is 10.8. The molecule has 0 amide bonds. The number of sulfonamides is 1. The van der Waals surface area contributed by atoms with E-state index in [1.54, 1.807) is 51.4 Å². The summed E-state index contributed by atoms with van der Waals surface area (Å²) in [6.07, 6.45) is 4.02. The van der Waals surface area contributed by atoms with Crippen molar-refractivity contribution in [1.82, 2.24) is 9.71 Å². The molecule has 0 bridgehead atoms. The Bertz CT molecular complexity index is 1260. The highest BCUT2D eigenvalue weighted by atomic mass is 32.2. The zero-order chi connectivity index (χ0) is 24.8. The molecule has 1 N–H and O–H groups in total. The first kappa shape index (κ1) is 25.3. The number of pyridine rings is 1. The highest BCUT2D eigenvalue weighted by molar-refractivity contribution is 7.89. The van der Waals surface area contributed by atoms with Gasteiger partial charge in [0.15, 0.2) is 0 Å². The molecule has 3 aromatic rings. The van der Waals surface area contributed by atoms with E-state index in [1.165, 1.54) is 6.07 Å². The van der Waals surface area contributed by atoms with Crippen molar-refractivity contribution in [1.29, 1.82) is 0 Å². The molecular weight excluding hydrogens is 456 g/mol. The van der Waals surface area contributed by atoms with Crippen LogP contribution < -0.4 is 9.46 Å². The van der Waals surface area contributed by atoms with Crippen molar-refractivity contribution in [3.63, 3.8) is 0 Å². The highest BCUT2D eigenvalue weighted by Crippen LogP contribution is 2.25. The lowest BCUT2D eigenvalue weighted by atomic mass is 10.1. The monoisotopic (exact) mass is 484 g/mol. The second-order valence-corrected chi connectivity index (χ2v) is 10.4. The summed E-state index contributed by atoms with van der Waals surface area (Å²) in [4.78, 5) is 27.6. The number of carbonyl (C=O) groups is 2. The van der Waals surface area contributed by atoms with Crippen molar-refractivity contribution < 1.29 is 27.5 Å².